The third kappa shape index (κ3) is 1.28. The zero-order valence-electron chi connectivity index (χ0n) is 7.27. The molecule has 0 atom stereocenters. The maximum atomic E-state index is 11.2. The Labute approximate surface area is 75.8 Å². The van der Waals surface area contributed by atoms with Crippen LogP contribution in [0.5, 0.6) is 0 Å². The molecule has 5 nitrogen and oxygen atoms in total. The van der Waals surface area contributed by atoms with Gasteiger partial charge in [-0.3, -0.25) is 4.79 Å². The molecule has 0 bridgehead atoms. The van der Waals surface area contributed by atoms with Crippen LogP contribution in [0.15, 0.2) is 29.2 Å². The third-order valence-electron chi connectivity index (χ3n) is 1.94. The molecule has 0 aromatic carbocycles. The molecule has 5 heteroatoms. The van der Waals surface area contributed by atoms with Crippen LogP contribution in [-0.2, 0) is 4.79 Å². The molecule has 2 heterocycles. The van der Waals surface area contributed by atoms with Gasteiger partial charge in [-0.2, -0.15) is 5.10 Å². The molecule has 13 heavy (non-hydrogen) atoms. The lowest BCUT2D eigenvalue weighted by Crippen LogP contribution is -2.43. The average molecular weight is 178 g/mol. The summed E-state index contributed by atoms with van der Waals surface area (Å²) < 4.78 is 0. The number of fused-ring (bicyclic) bond motifs is 1. The van der Waals surface area contributed by atoms with Gasteiger partial charge in [0.25, 0.3) is 5.91 Å². The van der Waals surface area contributed by atoms with E-state index in [2.05, 4.69) is 5.10 Å². The first kappa shape index (κ1) is 7.85. The second-order valence-corrected chi connectivity index (χ2v) is 2.97. The molecular formula is C8H10N4O. The highest BCUT2D eigenvalue weighted by atomic mass is 16.2. The molecule has 0 fully saturated rings. The van der Waals surface area contributed by atoms with Gasteiger partial charge >= 0.3 is 0 Å². The van der Waals surface area contributed by atoms with Crippen molar-refractivity contribution in [1.29, 1.82) is 0 Å². The van der Waals surface area contributed by atoms with Gasteiger partial charge in [0.1, 0.15) is 6.54 Å². The Morgan fingerprint density at radius 1 is 1.54 bits per heavy atom. The van der Waals surface area contributed by atoms with Gasteiger partial charge in [-0.25, -0.2) is 5.01 Å². The normalized spacial score (nSPS) is 21.2. The van der Waals surface area contributed by atoms with Gasteiger partial charge in [-0.05, 0) is 12.2 Å². The van der Waals surface area contributed by atoms with E-state index in [4.69, 9.17) is 5.73 Å². The number of hydrazone groups is 1. The summed E-state index contributed by atoms with van der Waals surface area (Å²) in [6.07, 6.45) is 5.26. The van der Waals surface area contributed by atoms with Crippen LogP contribution < -0.4 is 5.73 Å². The SMILES string of the molecule is CN1N=C2C=CC(N)=CN2CC1=O. The van der Waals surface area contributed by atoms with Gasteiger partial charge in [0.2, 0.25) is 0 Å². The van der Waals surface area contributed by atoms with Crippen molar-refractivity contribution in [2.45, 2.75) is 0 Å². The van der Waals surface area contributed by atoms with Crippen LogP contribution in [0.2, 0.25) is 0 Å². The smallest absolute Gasteiger partial charge is 0.262 e. The Hall–Kier alpha value is -1.78. The highest BCUT2D eigenvalue weighted by Crippen LogP contribution is 2.11. The molecule has 0 aromatic rings. The van der Waals surface area contributed by atoms with Crippen LogP contribution in [0.4, 0.5) is 0 Å². The number of allylic oxidation sites excluding steroid dienone is 1. The van der Waals surface area contributed by atoms with Gasteiger partial charge in [0, 0.05) is 18.9 Å². The minimum absolute atomic E-state index is 0.0388. The first-order chi connectivity index (χ1) is 6.16. The Balaban J connectivity index is 2.34. The summed E-state index contributed by atoms with van der Waals surface area (Å²) in [6.45, 7) is 0.306. The molecule has 0 unspecified atom stereocenters. The lowest BCUT2D eigenvalue weighted by molar-refractivity contribution is -0.130. The molecule has 2 N–H and O–H groups in total. The van der Waals surface area contributed by atoms with Crippen molar-refractivity contribution in [3.8, 4) is 0 Å². The summed E-state index contributed by atoms with van der Waals surface area (Å²) >= 11 is 0. The van der Waals surface area contributed by atoms with Gasteiger partial charge in [0.15, 0.2) is 5.84 Å². The summed E-state index contributed by atoms with van der Waals surface area (Å²) in [6, 6.07) is 0. The van der Waals surface area contributed by atoms with E-state index >= 15 is 0 Å². The minimum atomic E-state index is -0.0388. The van der Waals surface area contributed by atoms with Gasteiger partial charge in [-0.15, -0.1) is 0 Å². The van der Waals surface area contributed by atoms with E-state index < -0.39 is 0 Å². The number of rotatable bonds is 0. The Morgan fingerprint density at radius 2 is 2.31 bits per heavy atom. The summed E-state index contributed by atoms with van der Waals surface area (Å²) in [5.41, 5.74) is 6.21. The summed E-state index contributed by atoms with van der Waals surface area (Å²) in [4.78, 5) is 13.0. The predicted molar refractivity (Wildman–Crippen MR) is 48.3 cm³/mol. The number of nitrogens with two attached hydrogens (primary N) is 1. The summed E-state index contributed by atoms with van der Waals surface area (Å²) in [5, 5.41) is 5.40. The molecule has 0 spiro atoms. The lowest BCUT2D eigenvalue weighted by atomic mass is 10.2. The lowest BCUT2D eigenvalue weighted by Gasteiger charge is -2.29. The van der Waals surface area contributed by atoms with Crippen molar-refractivity contribution in [3.63, 3.8) is 0 Å². The van der Waals surface area contributed by atoms with Crippen molar-refractivity contribution in [1.82, 2.24) is 9.91 Å². The maximum Gasteiger partial charge on any atom is 0.262 e. The van der Waals surface area contributed by atoms with Crippen molar-refractivity contribution in [2.24, 2.45) is 10.8 Å². The molecule has 0 radical (unpaired) electrons. The molecule has 0 aliphatic carbocycles. The van der Waals surface area contributed by atoms with E-state index in [0.717, 1.165) is 5.84 Å². The van der Waals surface area contributed by atoms with Crippen molar-refractivity contribution >= 4 is 11.7 Å². The fourth-order valence-corrected chi connectivity index (χ4v) is 1.23. The number of amidine groups is 1. The molecule has 68 valence electrons. The highest BCUT2D eigenvalue weighted by Gasteiger charge is 2.22. The minimum Gasteiger partial charge on any atom is -0.398 e. The number of amides is 1. The number of carbonyl (C=O) groups is 1. The van der Waals surface area contributed by atoms with E-state index in [-0.39, 0.29) is 5.91 Å². The van der Waals surface area contributed by atoms with Crippen molar-refractivity contribution < 1.29 is 4.79 Å². The third-order valence-corrected chi connectivity index (χ3v) is 1.94. The van der Waals surface area contributed by atoms with Crippen LogP contribution in [0.1, 0.15) is 0 Å². The Bertz CT molecular complexity index is 342. The molecule has 2 aliphatic heterocycles. The topological polar surface area (TPSA) is 61.9 Å². The first-order valence-corrected chi connectivity index (χ1v) is 3.94. The largest absolute Gasteiger partial charge is 0.398 e. The number of hydrogen-bond donors (Lipinski definition) is 1. The molecule has 0 aromatic heterocycles. The van der Waals surface area contributed by atoms with Crippen molar-refractivity contribution in [2.75, 3.05) is 13.6 Å². The van der Waals surface area contributed by atoms with E-state index in [9.17, 15) is 4.79 Å². The summed E-state index contributed by atoms with van der Waals surface area (Å²) in [5.74, 6) is 0.708. The average Bonchev–Trinajstić information content (AvgIpc) is 2.08. The zero-order valence-corrected chi connectivity index (χ0v) is 7.27. The highest BCUT2D eigenvalue weighted by molar-refractivity contribution is 6.00. The molecule has 2 rings (SSSR count). The fraction of sp³-hybridized carbons (Fsp3) is 0.250. The molecule has 0 saturated heterocycles. The van der Waals surface area contributed by atoms with Crippen LogP contribution in [0.3, 0.4) is 0 Å². The van der Waals surface area contributed by atoms with E-state index in [1.807, 2.05) is 0 Å². The second kappa shape index (κ2) is 2.62. The molecule has 0 saturated carbocycles. The number of hydrogen-bond acceptors (Lipinski definition) is 4. The first-order valence-electron chi connectivity index (χ1n) is 3.94. The number of nitrogens with zero attached hydrogens (tertiary/aromatic N) is 3. The number of carbonyl (C=O) groups excluding carboxylic acids is 1. The quantitative estimate of drug-likeness (QED) is 0.541. The van der Waals surface area contributed by atoms with Crippen LogP contribution in [-0.4, -0.2) is 35.2 Å². The van der Waals surface area contributed by atoms with Crippen LogP contribution >= 0.6 is 0 Å². The predicted octanol–water partition coefficient (Wildman–Crippen LogP) is -0.556. The van der Waals surface area contributed by atoms with Gasteiger partial charge in [-0.1, -0.05) is 0 Å². The summed E-state index contributed by atoms with van der Waals surface area (Å²) in [7, 11) is 1.64. The van der Waals surface area contributed by atoms with Gasteiger partial charge in [0.05, 0.1) is 0 Å². The van der Waals surface area contributed by atoms with Crippen molar-refractivity contribution in [3.05, 3.63) is 24.0 Å². The fourth-order valence-electron chi connectivity index (χ4n) is 1.23. The Morgan fingerprint density at radius 3 is 3.08 bits per heavy atom. The monoisotopic (exact) mass is 178 g/mol. The van der Waals surface area contributed by atoms with E-state index in [1.165, 1.54) is 5.01 Å². The van der Waals surface area contributed by atoms with E-state index in [1.54, 1.807) is 30.3 Å². The Kier molecular flexibility index (Phi) is 1.58. The van der Waals surface area contributed by atoms with Crippen LogP contribution in [0, 0.1) is 0 Å². The molecular weight excluding hydrogens is 168 g/mol. The zero-order chi connectivity index (χ0) is 9.42. The van der Waals surface area contributed by atoms with Crippen LogP contribution in [0.25, 0.3) is 0 Å². The molecule has 2 aliphatic rings. The van der Waals surface area contributed by atoms with Gasteiger partial charge < -0.3 is 10.6 Å². The standard InChI is InChI=1S/C8H10N4O/c1-11-8(13)5-12-4-6(9)2-3-7(12)10-11/h2-4H,5,9H2,1H3. The molecule has 1 amide bonds. The van der Waals surface area contributed by atoms with E-state index in [0.29, 0.717) is 12.2 Å². The maximum absolute atomic E-state index is 11.2. The number of likely N-dealkylation sites (N-methyl/N-ethyl adjacent to an activating group) is 1. The second-order valence-electron chi connectivity index (χ2n) is 2.97.